The molecule has 0 unspecified atom stereocenters. The second kappa shape index (κ2) is 10.6. The first kappa shape index (κ1) is 22.3. The Bertz CT molecular complexity index is 965. The van der Waals surface area contributed by atoms with Crippen LogP contribution in [-0.2, 0) is 9.53 Å². The first-order valence-electron chi connectivity index (χ1n) is 10.7. The standard InChI is InChI=1S/C22H28N6O3/c1-3-5-10-24-21(29)16(15-23)19-20(26-18-9-7-6-8-17(18)25-19)27-11-13-28(14-12-27)22(30)31-4-2/h6-9,16H,3-5,10-14H2,1-2H3,(H,24,29)/t16-/m0/s1. The molecule has 164 valence electrons. The average Bonchev–Trinajstić information content (AvgIpc) is 2.79. The lowest BCUT2D eigenvalue weighted by atomic mass is 10.0. The van der Waals surface area contributed by atoms with Crippen molar-refractivity contribution in [3.8, 4) is 6.07 Å². The highest BCUT2D eigenvalue weighted by atomic mass is 16.6. The van der Waals surface area contributed by atoms with Crippen LogP contribution in [-0.4, -0.2) is 66.2 Å². The molecule has 2 aromatic rings. The van der Waals surface area contributed by atoms with Crippen LogP contribution in [0.3, 0.4) is 0 Å². The zero-order valence-corrected chi connectivity index (χ0v) is 18.0. The van der Waals surface area contributed by atoms with Crippen LogP contribution in [0.15, 0.2) is 24.3 Å². The van der Waals surface area contributed by atoms with Crippen molar-refractivity contribution in [1.29, 1.82) is 5.26 Å². The van der Waals surface area contributed by atoms with Gasteiger partial charge >= 0.3 is 6.09 Å². The van der Waals surface area contributed by atoms with Crippen LogP contribution in [0.1, 0.15) is 38.3 Å². The molecule has 1 aromatic heterocycles. The second-order valence-corrected chi connectivity index (χ2v) is 7.30. The van der Waals surface area contributed by atoms with Crippen LogP contribution < -0.4 is 10.2 Å². The van der Waals surface area contributed by atoms with E-state index in [1.807, 2.05) is 36.1 Å². The molecule has 1 aliphatic heterocycles. The van der Waals surface area contributed by atoms with Gasteiger partial charge in [0.25, 0.3) is 0 Å². The van der Waals surface area contributed by atoms with Gasteiger partial charge in [0.05, 0.1) is 23.7 Å². The van der Waals surface area contributed by atoms with Crippen molar-refractivity contribution in [2.24, 2.45) is 0 Å². The molecule has 31 heavy (non-hydrogen) atoms. The highest BCUT2D eigenvalue weighted by Gasteiger charge is 2.31. The molecule has 0 saturated carbocycles. The number of carbonyl (C=O) groups excluding carboxylic acids is 2. The zero-order valence-electron chi connectivity index (χ0n) is 18.0. The maximum Gasteiger partial charge on any atom is 0.409 e. The first-order valence-corrected chi connectivity index (χ1v) is 10.7. The maximum absolute atomic E-state index is 12.7. The normalized spacial score (nSPS) is 14.7. The van der Waals surface area contributed by atoms with Crippen LogP contribution in [0.4, 0.5) is 10.6 Å². The van der Waals surface area contributed by atoms with E-state index in [0.717, 1.165) is 12.8 Å². The molecule has 0 bridgehead atoms. The lowest BCUT2D eigenvalue weighted by molar-refractivity contribution is -0.121. The fourth-order valence-corrected chi connectivity index (χ4v) is 3.48. The molecule has 9 nitrogen and oxygen atoms in total. The fourth-order valence-electron chi connectivity index (χ4n) is 3.48. The Morgan fingerprint density at radius 2 is 1.84 bits per heavy atom. The minimum absolute atomic E-state index is 0.330. The fraction of sp³-hybridized carbons (Fsp3) is 0.500. The van der Waals surface area contributed by atoms with E-state index in [1.54, 1.807) is 11.8 Å². The molecule has 2 heterocycles. The molecule has 2 amide bonds. The first-order chi connectivity index (χ1) is 15.1. The number of unbranched alkanes of at least 4 members (excludes halogenated alkanes) is 1. The molecule has 1 aromatic carbocycles. The Morgan fingerprint density at radius 1 is 1.16 bits per heavy atom. The highest BCUT2D eigenvalue weighted by molar-refractivity contribution is 5.88. The predicted molar refractivity (Wildman–Crippen MR) is 117 cm³/mol. The summed E-state index contributed by atoms with van der Waals surface area (Å²) >= 11 is 0. The van der Waals surface area contributed by atoms with Crippen molar-refractivity contribution in [1.82, 2.24) is 20.2 Å². The Morgan fingerprint density at radius 3 is 2.45 bits per heavy atom. The van der Waals surface area contributed by atoms with E-state index in [1.165, 1.54) is 0 Å². The van der Waals surface area contributed by atoms with Gasteiger partial charge < -0.3 is 19.9 Å². The summed E-state index contributed by atoms with van der Waals surface area (Å²) in [5.41, 5.74) is 1.67. The van der Waals surface area contributed by atoms with Crippen molar-refractivity contribution < 1.29 is 14.3 Å². The molecule has 1 saturated heterocycles. The van der Waals surface area contributed by atoms with Crippen LogP contribution in [0, 0.1) is 11.3 Å². The third-order valence-electron chi connectivity index (χ3n) is 5.18. The van der Waals surface area contributed by atoms with Crippen LogP contribution in [0.2, 0.25) is 0 Å². The number of nitrogens with one attached hydrogen (secondary N) is 1. The zero-order chi connectivity index (χ0) is 22.2. The highest BCUT2D eigenvalue weighted by Crippen LogP contribution is 2.28. The number of hydrogen-bond acceptors (Lipinski definition) is 7. The predicted octanol–water partition coefficient (Wildman–Crippen LogP) is 2.43. The number of carbonyl (C=O) groups is 2. The van der Waals surface area contributed by atoms with Gasteiger partial charge in [0, 0.05) is 32.7 Å². The number of hydrogen-bond donors (Lipinski definition) is 1. The monoisotopic (exact) mass is 424 g/mol. The lowest BCUT2D eigenvalue weighted by Crippen LogP contribution is -2.49. The summed E-state index contributed by atoms with van der Waals surface area (Å²) in [6.07, 6.45) is 1.45. The van der Waals surface area contributed by atoms with Gasteiger partial charge in [0.15, 0.2) is 11.7 Å². The van der Waals surface area contributed by atoms with Crippen molar-refractivity contribution in [2.75, 3.05) is 44.2 Å². The number of ether oxygens (including phenoxy) is 1. The maximum atomic E-state index is 12.7. The number of anilines is 1. The number of nitriles is 1. The third-order valence-corrected chi connectivity index (χ3v) is 5.18. The van der Waals surface area contributed by atoms with Crippen LogP contribution in [0.5, 0.6) is 0 Å². The number of nitrogens with zero attached hydrogens (tertiary/aromatic N) is 5. The Hall–Kier alpha value is -3.41. The van der Waals surface area contributed by atoms with Crippen LogP contribution >= 0.6 is 0 Å². The topological polar surface area (TPSA) is 111 Å². The minimum atomic E-state index is -1.06. The summed E-state index contributed by atoms with van der Waals surface area (Å²) < 4.78 is 5.08. The van der Waals surface area contributed by atoms with Crippen molar-refractivity contribution in [3.05, 3.63) is 30.0 Å². The van der Waals surface area contributed by atoms with Gasteiger partial charge in [-0.2, -0.15) is 5.26 Å². The summed E-state index contributed by atoms with van der Waals surface area (Å²) in [6.45, 7) is 6.61. The SMILES string of the molecule is CCCCNC(=O)[C@@H](C#N)c1nc2ccccc2nc1N1CCN(C(=O)OCC)CC1. The lowest BCUT2D eigenvalue weighted by Gasteiger charge is -2.35. The van der Waals surface area contributed by atoms with Gasteiger partial charge in [-0.1, -0.05) is 25.5 Å². The number of fused-ring (bicyclic) bond motifs is 1. The van der Waals surface area contributed by atoms with E-state index in [9.17, 15) is 14.9 Å². The van der Waals surface area contributed by atoms with E-state index in [2.05, 4.69) is 16.4 Å². The van der Waals surface area contributed by atoms with E-state index in [4.69, 9.17) is 9.72 Å². The summed E-state index contributed by atoms with van der Waals surface area (Å²) in [6, 6.07) is 9.50. The Balaban J connectivity index is 1.90. The molecule has 1 N–H and O–H groups in total. The van der Waals surface area contributed by atoms with Gasteiger partial charge in [-0.15, -0.1) is 0 Å². The van der Waals surface area contributed by atoms with Gasteiger partial charge in [0.2, 0.25) is 5.91 Å². The van der Waals surface area contributed by atoms with E-state index < -0.39 is 5.92 Å². The number of benzene rings is 1. The van der Waals surface area contributed by atoms with Gasteiger partial charge in [-0.05, 0) is 25.5 Å². The third kappa shape index (κ3) is 5.20. The molecule has 0 radical (unpaired) electrons. The van der Waals surface area contributed by atoms with Gasteiger partial charge in [-0.3, -0.25) is 4.79 Å². The molecule has 1 atom stereocenters. The number of rotatable bonds is 7. The van der Waals surface area contributed by atoms with Gasteiger partial charge in [-0.25, -0.2) is 14.8 Å². The Kier molecular flexibility index (Phi) is 7.60. The average molecular weight is 425 g/mol. The number of piperazine rings is 1. The van der Waals surface area contributed by atoms with Crippen molar-refractivity contribution in [2.45, 2.75) is 32.6 Å². The quantitative estimate of drug-likeness (QED) is 0.680. The summed E-state index contributed by atoms with van der Waals surface area (Å²) in [7, 11) is 0. The largest absolute Gasteiger partial charge is 0.450 e. The molecular formula is C22H28N6O3. The second-order valence-electron chi connectivity index (χ2n) is 7.30. The molecule has 1 fully saturated rings. The van der Waals surface area contributed by atoms with Crippen molar-refractivity contribution in [3.63, 3.8) is 0 Å². The summed E-state index contributed by atoms with van der Waals surface area (Å²) in [5, 5.41) is 12.6. The smallest absolute Gasteiger partial charge is 0.409 e. The summed E-state index contributed by atoms with van der Waals surface area (Å²) in [4.78, 5) is 37.8. The van der Waals surface area contributed by atoms with Crippen molar-refractivity contribution >= 4 is 28.9 Å². The van der Waals surface area contributed by atoms with E-state index in [0.29, 0.717) is 61.9 Å². The van der Waals surface area contributed by atoms with E-state index >= 15 is 0 Å². The minimum Gasteiger partial charge on any atom is -0.450 e. The molecule has 0 aliphatic carbocycles. The molecule has 1 aliphatic rings. The number of aromatic nitrogens is 2. The molecule has 9 heteroatoms. The molecule has 3 rings (SSSR count). The molecule has 0 spiro atoms. The number of para-hydroxylation sites is 2. The summed E-state index contributed by atoms with van der Waals surface area (Å²) in [5.74, 6) is -0.918. The number of amides is 2. The van der Waals surface area contributed by atoms with E-state index in [-0.39, 0.29) is 12.0 Å². The molecular weight excluding hydrogens is 396 g/mol. The van der Waals surface area contributed by atoms with Crippen LogP contribution in [0.25, 0.3) is 11.0 Å². The van der Waals surface area contributed by atoms with Gasteiger partial charge in [0.1, 0.15) is 5.69 Å². The Labute approximate surface area is 182 Å².